The predicted octanol–water partition coefficient (Wildman–Crippen LogP) is 5.03. The van der Waals surface area contributed by atoms with Gasteiger partial charge in [0.1, 0.15) is 17.2 Å². The minimum atomic E-state index is -2.95. The van der Waals surface area contributed by atoms with Crippen molar-refractivity contribution in [2.45, 2.75) is 75.8 Å². The summed E-state index contributed by atoms with van der Waals surface area (Å²) in [6.07, 6.45) is 6.85. The molecule has 3 aliphatic rings. The molecule has 1 saturated carbocycles. The quantitative estimate of drug-likeness (QED) is 0.422. The van der Waals surface area contributed by atoms with E-state index in [1.54, 1.807) is 18.2 Å². The second-order valence-corrected chi connectivity index (χ2v) is 9.77. The Kier molecular flexibility index (Phi) is 6.23. The lowest BCUT2D eigenvalue weighted by atomic mass is 9.99. The van der Waals surface area contributed by atoms with E-state index in [0.29, 0.717) is 17.2 Å². The van der Waals surface area contributed by atoms with Crippen molar-refractivity contribution < 1.29 is 32.7 Å². The molecule has 0 amide bonds. The average molecular weight is 513 g/mol. The van der Waals surface area contributed by atoms with Gasteiger partial charge in [0.15, 0.2) is 5.69 Å². The molecule has 0 radical (unpaired) electrons. The van der Waals surface area contributed by atoms with E-state index in [2.05, 4.69) is 20.0 Å². The summed E-state index contributed by atoms with van der Waals surface area (Å²) in [6, 6.07) is 8.27. The standard InChI is InChI=1S/C26H26F2N4O5/c27-25(28)36-21-4-2-1-3-18(21)22-19(23(37-31-22)14-5-6-14)13-35-17-11-15-7-8-16(12-17)32(15)26-29-10-9-20(30-26)24(33)34/h1-4,9-10,14-17,25H,5-8,11-13H2,(H,33,34)/t15-,16?,17?/m0/s1. The molecule has 2 unspecified atom stereocenters. The van der Waals surface area contributed by atoms with Crippen LogP contribution in [0.2, 0.25) is 0 Å². The van der Waals surface area contributed by atoms with Crippen LogP contribution in [0.15, 0.2) is 41.1 Å². The highest BCUT2D eigenvalue weighted by molar-refractivity contribution is 5.85. The molecule has 37 heavy (non-hydrogen) atoms. The van der Waals surface area contributed by atoms with Crippen molar-refractivity contribution in [3.8, 4) is 17.0 Å². The molecule has 1 aromatic carbocycles. The highest BCUT2D eigenvalue weighted by atomic mass is 19.3. The number of nitrogens with zero attached hydrogens (tertiary/aromatic N) is 4. The highest BCUT2D eigenvalue weighted by Crippen LogP contribution is 2.46. The average Bonchev–Trinajstić information content (AvgIpc) is 3.59. The molecule has 194 valence electrons. The molecule has 2 bridgehead atoms. The van der Waals surface area contributed by atoms with E-state index in [1.807, 2.05) is 0 Å². The number of para-hydroxylation sites is 1. The predicted molar refractivity (Wildman–Crippen MR) is 127 cm³/mol. The molecule has 3 atom stereocenters. The van der Waals surface area contributed by atoms with Crippen molar-refractivity contribution in [2.24, 2.45) is 0 Å². The molecule has 2 aromatic heterocycles. The zero-order valence-corrected chi connectivity index (χ0v) is 19.9. The molecule has 4 heterocycles. The zero-order valence-electron chi connectivity index (χ0n) is 19.9. The Morgan fingerprint density at radius 3 is 2.59 bits per heavy atom. The van der Waals surface area contributed by atoms with Crippen LogP contribution >= 0.6 is 0 Å². The summed E-state index contributed by atoms with van der Waals surface area (Å²) in [4.78, 5) is 22.1. The molecule has 11 heteroatoms. The first-order chi connectivity index (χ1) is 18.0. The number of halogens is 2. The van der Waals surface area contributed by atoms with Crippen LogP contribution in [-0.4, -0.2) is 51.0 Å². The van der Waals surface area contributed by atoms with Crippen molar-refractivity contribution >= 4 is 11.9 Å². The fourth-order valence-corrected chi connectivity index (χ4v) is 5.58. The molecule has 3 aromatic rings. The number of aromatic nitrogens is 3. The van der Waals surface area contributed by atoms with Gasteiger partial charge in [0.25, 0.3) is 0 Å². The van der Waals surface area contributed by atoms with Crippen molar-refractivity contribution in [2.75, 3.05) is 4.90 Å². The van der Waals surface area contributed by atoms with E-state index in [0.717, 1.165) is 49.8 Å². The summed E-state index contributed by atoms with van der Waals surface area (Å²) in [5.41, 5.74) is 1.67. The first-order valence-corrected chi connectivity index (χ1v) is 12.5. The number of hydrogen-bond acceptors (Lipinski definition) is 8. The highest BCUT2D eigenvalue weighted by Gasteiger charge is 2.43. The Balaban J connectivity index is 1.20. The third-order valence-corrected chi connectivity index (χ3v) is 7.37. The maximum Gasteiger partial charge on any atom is 0.387 e. The Morgan fingerprint density at radius 1 is 1.14 bits per heavy atom. The van der Waals surface area contributed by atoms with Gasteiger partial charge < -0.3 is 24.0 Å². The van der Waals surface area contributed by atoms with Crippen LogP contribution in [0.4, 0.5) is 14.7 Å². The van der Waals surface area contributed by atoms with E-state index < -0.39 is 12.6 Å². The van der Waals surface area contributed by atoms with Gasteiger partial charge in [-0.3, -0.25) is 0 Å². The van der Waals surface area contributed by atoms with E-state index >= 15 is 0 Å². The summed E-state index contributed by atoms with van der Waals surface area (Å²) in [5, 5.41) is 13.5. The van der Waals surface area contributed by atoms with Gasteiger partial charge in [-0.25, -0.2) is 14.8 Å². The number of carbonyl (C=O) groups is 1. The fraction of sp³-hybridized carbons (Fsp3) is 0.462. The van der Waals surface area contributed by atoms with Crippen molar-refractivity contribution in [3.05, 3.63) is 53.5 Å². The van der Waals surface area contributed by atoms with E-state index in [-0.39, 0.29) is 42.2 Å². The number of fused-ring (bicyclic) bond motifs is 2. The number of anilines is 1. The van der Waals surface area contributed by atoms with E-state index in [4.69, 9.17) is 14.0 Å². The van der Waals surface area contributed by atoms with Crippen LogP contribution in [0, 0.1) is 0 Å². The summed E-state index contributed by atoms with van der Waals surface area (Å²) >= 11 is 0. The molecule has 1 N–H and O–H groups in total. The molecular weight excluding hydrogens is 486 g/mol. The van der Waals surface area contributed by atoms with E-state index in [9.17, 15) is 18.7 Å². The first-order valence-electron chi connectivity index (χ1n) is 12.5. The minimum Gasteiger partial charge on any atom is -0.477 e. The molecule has 6 rings (SSSR count). The maximum atomic E-state index is 13.0. The number of aromatic carboxylic acids is 1. The third-order valence-electron chi connectivity index (χ3n) is 7.37. The number of rotatable bonds is 9. The summed E-state index contributed by atoms with van der Waals surface area (Å²) in [7, 11) is 0. The number of benzene rings is 1. The normalized spacial score (nSPS) is 23.0. The smallest absolute Gasteiger partial charge is 0.387 e. The summed E-state index contributed by atoms with van der Waals surface area (Å²) in [6.45, 7) is -2.69. The molecule has 0 spiro atoms. The van der Waals surface area contributed by atoms with Crippen LogP contribution < -0.4 is 9.64 Å². The van der Waals surface area contributed by atoms with Crippen molar-refractivity contribution in [1.82, 2.24) is 15.1 Å². The number of carboxylic acids is 1. The van der Waals surface area contributed by atoms with Crippen molar-refractivity contribution in [3.63, 3.8) is 0 Å². The minimum absolute atomic E-state index is 0.0218. The molecule has 1 aliphatic carbocycles. The van der Waals surface area contributed by atoms with Crippen LogP contribution in [-0.2, 0) is 11.3 Å². The number of hydrogen-bond donors (Lipinski definition) is 1. The van der Waals surface area contributed by atoms with Gasteiger partial charge >= 0.3 is 12.6 Å². The Hall–Kier alpha value is -3.60. The number of ether oxygens (including phenoxy) is 2. The molecule has 2 aliphatic heterocycles. The lowest BCUT2D eigenvalue weighted by molar-refractivity contribution is -0.0494. The fourth-order valence-electron chi connectivity index (χ4n) is 5.58. The van der Waals surface area contributed by atoms with Gasteiger partial charge in [-0.2, -0.15) is 8.78 Å². The summed E-state index contributed by atoms with van der Waals surface area (Å²) in [5.74, 6) is 0.426. The van der Waals surface area contributed by atoms with E-state index in [1.165, 1.54) is 18.3 Å². The Morgan fingerprint density at radius 2 is 1.89 bits per heavy atom. The number of carboxylic acid groups (broad SMARTS) is 1. The Bertz CT molecular complexity index is 1280. The van der Waals surface area contributed by atoms with Gasteiger partial charge in [0.2, 0.25) is 5.95 Å². The van der Waals surface area contributed by atoms with Gasteiger partial charge in [-0.15, -0.1) is 0 Å². The largest absolute Gasteiger partial charge is 0.477 e. The first kappa shape index (κ1) is 23.8. The third kappa shape index (κ3) is 4.75. The van der Waals surface area contributed by atoms with Gasteiger partial charge in [0, 0.05) is 35.3 Å². The van der Waals surface area contributed by atoms with Crippen LogP contribution in [0.25, 0.3) is 11.3 Å². The summed E-state index contributed by atoms with van der Waals surface area (Å²) < 4.78 is 42.9. The second kappa shape index (κ2) is 9.70. The van der Waals surface area contributed by atoms with Crippen LogP contribution in [0.5, 0.6) is 5.75 Å². The monoisotopic (exact) mass is 512 g/mol. The van der Waals surface area contributed by atoms with Gasteiger partial charge in [-0.1, -0.05) is 17.3 Å². The molecule has 9 nitrogen and oxygen atoms in total. The lowest BCUT2D eigenvalue weighted by Crippen LogP contribution is -2.46. The molecule has 3 fully saturated rings. The number of alkyl halides is 2. The van der Waals surface area contributed by atoms with Crippen molar-refractivity contribution in [1.29, 1.82) is 0 Å². The SMILES string of the molecule is O=C(O)c1ccnc(N2C3CC[C@H]2CC(OCc2c(-c4ccccc4OC(F)F)noc2C2CC2)C3)n1. The van der Waals surface area contributed by atoms with Gasteiger partial charge in [-0.05, 0) is 56.7 Å². The van der Waals surface area contributed by atoms with Gasteiger partial charge in [0.05, 0.1) is 12.7 Å². The maximum absolute atomic E-state index is 13.0. The molecule has 2 saturated heterocycles. The topological polar surface area (TPSA) is 111 Å². The zero-order chi connectivity index (χ0) is 25.5. The van der Waals surface area contributed by atoms with Crippen LogP contribution in [0.3, 0.4) is 0 Å². The molecular formula is C26H26F2N4O5. The Labute approximate surface area is 211 Å². The second-order valence-electron chi connectivity index (χ2n) is 9.77. The lowest BCUT2D eigenvalue weighted by Gasteiger charge is -2.38. The number of piperidine rings is 1. The van der Waals surface area contributed by atoms with Crippen LogP contribution in [0.1, 0.15) is 66.3 Å².